The Morgan fingerprint density at radius 3 is 2.29 bits per heavy atom. The van der Waals surface area contributed by atoms with Crippen molar-refractivity contribution in [1.82, 2.24) is 4.31 Å². The molecule has 0 aromatic rings. The van der Waals surface area contributed by atoms with E-state index in [0.717, 1.165) is 0 Å². The predicted molar refractivity (Wildman–Crippen MR) is 59.4 cm³/mol. The van der Waals surface area contributed by atoms with Gasteiger partial charge in [0.1, 0.15) is 0 Å². The fourth-order valence-electron chi connectivity index (χ4n) is 2.16. The van der Waals surface area contributed by atoms with E-state index in [4.69, 9.17) is 14.7 Å². The molecule has 0 radical (unpaired) electrons. The molecule has 1 unspecified atom stereocenters. The van der Waals surface area contributed by atoms with E-state index in [9.17, 15) is 8.42 Å². The highest BCUT2D eigenvalue weighted by Crippen LogP contribution is 2.32. The van der Waals surface area contributed by atoms with Crippen LogP contribution in [0.5, 0.6) is 0 Å². The molecule has 96 valence electrons. The van der Waals surface area contributed by atoms with Crippen LogP contribution >= 0.6 is 0 Å². The lowest BCUT2D eigenvalue weighted by Gasteiger charge is -2.37. The molecule has 0 aliphatic carbocycles. The molecule has 0 aromatic carbocycles. The smallest absolute Gasteiger partial charge is 0.230 e. The van der Waals surface area contributed by atoms with Gasteiger partial charge in [0.05, 0.1) is 19.3 Å². The Morgan fingerprint density at radius 2 is 1.82 bits per heavy atom. The first-order valence-electron chi connectivity index (χ1n) is 5.67. The predicted octanol–water partition coefficient (Wildman–Crippen LogP) is 0.0672. The summed E-state index contributed by atoms with van der Waals surface area (Å²) in [6, 6.07) is 1.77. The van der Waals surface area contributed by atoms with Gasteiger partial charge in [-0.15, -0.1) is 0 Å². The molecule has 1 atom stereocenters. The molecule has 6 nitrogen and oxygen atoms in total. The van der Waals surface area contributed by atoms with Crippen LogP contribution in [0.3, 0.4) is 0 Å². The van der Waals surface area contributed by atoms with Gasteiger partial charge < -0.3 is 9.47 Å². The Labute approximate surface area is 101 Å². The molecule has 2 aliphatic heterocycles. The van der Waals surface area contributed by atoms with Crippen molar-refractivity contribution in [3.63, 3.8) is 0 Å². The maximum atomic E-state index is 11.9. The summed E-state index contributed by atoms with van der Waals surface area (Å²) >= 11 is 0. The number of nitriles is 1. The molecule has 2 fully saturated rings. The lowest BCUT2D eigenvalue weighted by Crippen LogP contribution is -2.49. The van der Waals surface area contributed by atoms with Crippen LogP contribution in [-0.2, 0) is 19.5 Å². The molecule has 0 amide bonds. The fourth-order valence-corrected chi connectivity index (χ4v) is 3.43. The Balaban J connectivity index is 2.02. The third-order valence-corrected chi connectivity index (χ3v) is 5.37. The molecule has 2 heterocycles. The summed E-state index contributed by atoms with van der Waals surface area (Å²) in [4.78, 5) is 0. The zero-order valence-corrected chi connectivity index (χ0v) is 10.6. The van der Waals surface area contributed by atoms with Gasteiger partial charge in [-0.05, 0) is 6.92 Å². The van der Waals surface area contributed by atoms with E-state index >= 15 is 0 Å². The van der Waals surface area contributed by atoms with Gasteiger partial charge in [-0.25, -0.2) is 12.7 Å². The first-order valence-corrected chi connectivity index (χ1v) is 7.17. The van der Waals surface area contributed by atoms with Crippen molar-refractivity contribution >= 4 is 10.0 Å². The number of piperidine rings is 1. The lowest BCUT2D eigenvalue weighted by molar-refractivity contribution is -0.179. The maximum Gasteiger partial charge on any atom is 0.230 e. The minimum atomic E-state index is -3.50. The second-order valence-corrected chi connectivity index (χ2v) is 6.58. The van der Waals surface area contributed by atoms with E-state index in [1.54, 1.807) is 6.07 Å². The Hall–Kier alpha value is -0.680. The van der Waals surface area contributed by atoms with Gasteiger partial charge in [-0.1, -0.05) is 0 Å². The summed E-state index contributed by atoms with van der Waals surface area (Å²) in [5, 5.41) is 7.70. The van der Waals surface area contributed by atoms with Crippen LogP contribution in [-0.4, -0.2) is 50.1 Å². The molecule has 0 saturated carbocycles. The summed E-state index contributed by atoms with van der Waals surface area (Å²) < 4.78 is 36.3. The third kappa shape index (κ3) is 2.31. The monoisotopic (exact) mass is 260 g/mol. The summed E-state index contributed by atoms with van der Waals surface area (Å²) in [6.07, 6.45) is 1.06. The van der Waals surface area contributed by atoms with Crippen molar-refractivity contribution in [3.05, 3.63) is 0 Å². The van der Waals surface area contributed by atoms with Gasteiger partial charge in [-0.2, -0.15) is 5.26 Å². The number of hydrogen-bond acceptors (Lipinski definition) is 5. The number of nitrogens with zero attached hydrogens (tertiary/aromatic N) is 2. The number of rotatable bonds is 2. The largest absolute Gasteiger partial charge is 0.347 e. The van der Waals surface area contributed by atoms with Crippen molar-refractivity contribution in [1.29, 1.82) is 5.26 Å². The molecule has 1 spiro atoms. The molecule has 2 rings (SSSR count). The van der Waals surface area contributed by atoms with E-state index in [-0.39, 0.29) is 0 Å². The topological polar surface area (TPSA) is 79.6 Å². The number of ether oxygens (including phenoxy) is 2. The molecule has 0 N–H and O–H groups in total. The third-order valence-electron chi connectivity index (χ3n) is 3.29. The van der Waals surface area contributed by atoms with Crippen LogP contribution in [0.25, 0.3) is 0 Å². The van der Waals surface area contributed by atoms with Crippen LogP contribution in [0, 0.1) is 11.3 Å². The van der Waals surface area contributed by atoms with Gasteiger partial charge >= 0.3 is 0 Å². The Kier molecular flexibility index (Phi) is 3.41. The van der Waals surface area contributed by atoms with Crippen molar-refractivity contribution in [2.24, 2.45) is 0 Å². The SMILES string of the molecule is CC(C#N)S(=O)(=O)N1CCC2(CC1)OCCO2. The highest BCUT2D eigenvalue weighted by Gasteiger charge is 2.43. The van der Waals surface area contributed by atoms with Crippen LogP contribution in [0.4, 0.5) is 0 Å². The van der Waals surface area contributed by atoms with Gasteiger partial charge in [-0.3, -0.25) is 0 Å². The molecule has 2 aliphatic rings. The first-order chi connectivity index (χ1) is 8.00. The second-order valence-electron chi connectivity index (χ2n) is 4.32. The maximum absolute atomic E-state index is 11.9. The van der Waals surface area contributed by atoms with Crippen LogP contribution in [0.15, 0.2) is 0 Å². The standard InChI is InChI=1S/C10H16N2O4S/c1-9(8-11)17(13,14)12-4-2-10(3-5-12)15-6-7-16-10/h9H,2-7H2,1H3. The van der Waals surface area contributed by atoms with E-state index in [0.29, 0.717) is 39.1 Å². The molecule has 2 saturated heterocycles. The minimum absolute atomic E-state index is 0.356. The molecule has 7 heteroatoms. The zero-order chi connectivity index (χ0) is 12.5. The summed E-state index contributed by atoms with van der Waals surface area (Å²) in [5.41, 5.74) is 0. The molecule has 0 aromatic heterocycles. The molecule has 0 bridgehead atoms. The Morgan fingerprint density at radius 1 is 1.29 bits per heavy atom. The van der Waals surface area contributed by atoms with E-state index in [1.165, 1.54) is 11.2 Å². The lowest BCUT2D eigenvalue weighted by atomic mass is 10.1. The van der Waals surface area contributed by atoms with Gasteiger partial charge in [0, 0.05) is 25.9 Å². The van der Waals surface area contributed by atoms with Crippen LogP contribution < -0.4 is 0 Å². The molecule has 17 heavy (non-hydrogen) atoms. The number of sulfonamides is 1. The quantitative estimate of drug-likeness (QED) is 0.702. The zero-order valence-electron chi connectivity index (χ0n) is 9.76. The van der Waals surface area contributed by atoms with E-state index < -0.39 is 21.1 Å². The first kappa shape index (κ1) is 12.8. The molecular formula is C10H16N2O4S. The highest BCUT2D eigenvalue weighted by atomic mass is 32.2. The van der Waals surface area contributed by atoms with Crippen molar-refractivity contribution < 1.29 is 17.9 Å². The minimum Gasteiger partial charge on any atom is -0.347 e. The summed E-state index contributed by atoms with van der Waals surface area (Å²) in [7, 11) is -3.50. The van der Waals surface area contributed by atoms with Gasteiger partial charge in [0.2, 0.25) is 10.0 Å². The fraction of sp³-hybridized carbons (Fsp3) is 0.900. The summed E-state index contributed by atoms with van der Waals surface area (Å²) in [5.74, 6) is -0.581. The average Bonchev–Trinajstić information content (AvgIpc) is 2.77. The van der Waals surface area contributed by atoms with Crippen LogP contribution in [0.2, 0.25) is 0 Å². The van der Waals surface area contributed by atoms with Crippen LogP contribution in [0.1, 0.15) is 19.8 Å². The van der Waals surface area contributed by atoms with E-state index in [2.05, 4.69) is 0 Å². The average molecular weight is 260 g/mol. The van der Waals surface area contributed by atoms with Crippen molar-refractivity contribution in [3.8, 4) is 6.07 Å². The summed E-state index contributed by atoms with van der Waals surface area (Å²) in [6.45, 7) is 3.26. The molecular weight excluding hydrogens is 244 g/mol. The van der Waals surface area contributed by atoms with Gasteiger partial charge in [0.15, 0.2) is 11.0 Å². The van der Waals surface area contributed by atoms with E-state index in [1.807, 2.05) is 0 Å². The highest BCUT2D eigenvalue weighted by molar-refractivity contribution is 7.89. The van der Waals surface area contributed by atoms with Crippen molar-refractivity contribution in [2.75, 3.05) is 26.3 Å². The van der Waals surface area contributed by atoms with Gasteiger partial charge in [0.25, 0.3) is 0 Å². The second kappa shape index (κ2) is 4.53. The number of hydrogen-bond donors (Lipinski definition) is 0. The van der Waals surface area contributed by atoms with Crippen molar-refractivity contribution in [2.45, 2.75) is 30.8 Å². The normalized spacial score (nSPS) is 26.8. The Bertz CT molecular complexity index is 412.